The van der Waals surface area contributed by atoms with Crippen molar-refractivity contribution in [1.29, 1.82) is 0 Å². The maximum absolute atomic E-state index is 14.2. The van der Waals surface area contributed by atoms with Gasteiger partial charge in [-0.3, -0.25) is 4.79 Å². The number of carbonyl (C=O) groups is 1. The standard InChI is InChI=1S/C20H23F2NO/c1-6-12(4)16-10-18(20(23)24)19(22)11-17(16)13(5)14(7-2)9-15(21)8-3/h6,8-11,13H,1,4,7H2,2-3,5H3,(H2,23,24). The number of nitrogens with two attached hydrogens (primary N) is 1. The van der Waals surface area contributed by atoms with Crippen LogP contribution in [0.25, 0.3) is 5.57 Å². The van der Waals surface area contributed by atoms with E-state index in [2.05, 4.69) is 13.2 Å². The molecule has 1 atom stereocenters. The molecule has 128 valence electrons. The van der Waals surface area contributed by atoms with Gasteiger partial charge in [0.05, 0.1) is 5.56 Å². The molecule has 1 unspecified atom stereocenters. The van der Waals surface area contributed by atoms with Crippen LogP contribution in [0, 0.1) is 5.82 Å². The van der Waals surface area contributed by atoms with E-state index in [-0.39, 0.29) is 17.3 Å². The van der Waals surface area contributed by atoms with Crippen molar-refractivity contribution in [2.75, 3.05) is 0 Å². The van der Waals surface area contributed by atoms with Gasteiger partial charge in [-0.25, -0.2) is 8.78 Å². The number of benzene rings is 1. The van der Waals surface area contributed by atoms with Crippen molar-refractivity contribution in [2.24, 2.45) is 5.73 Å². The summed E-state index contributed by atoms with van der Waals surface area (Å²) in [6, 6.07) is 2.65. The Morgan fingerprint density at radius 2 is 2.00 bits per heavy atom. The third-order valence-electron chi connectivity index (χ3n) is 4.03. The molecular weight excluding hydrogens is 308 g/mol. The lowest BCUT2D eigenvalue weighted by Crippen LogP contribution is -2.15. The zero-order valence-corrected chi connectivity index (χ0v) is 14.3. The summed E-state index contributed by atoms with van der Waals surface area (Å²) in [4.78, 5) is 11.4. The molecular formula is C20H23F2NO. The second-order valence-electron chi connectivity index (χ2n) is 5.48. The minimum Gasteiger partial charge on any atom is -0.366 e. The lowest BCUT2D eigenvalue weighted by atomic mass is 9.84. The molecule has 1 amide bonds. The van der Waals surface area contributed by atoms with Crippen molar-refractivity contribution in [3.63, 3.8) is 0 Å². The van der Waals surface area contributed by atoms with Crippen molar-refractivity contribution in [3.8, 4) is 0 Å². The largest absolute Gasteiger partial charge is 0.366 e. The molecule has 0 aliphatic carbocycles. The molecule has 2 nitrogen and oxygen atoms in total. The Hall–Kier alpha value is -2.49. The molecule has 0 saturated heterocycles. The van der Waals surface area contributed by atoms with E-state index < -0.39 is 11.7 Å². The summed E-state index contributed by atoms with van der Waals surface area (Å²) >= 11 is 0. The summed E-state index contributed by atoms with van der Waals surface area (Å²) in [5.74, 6) is -2.16. The van der Waals surface area contributed by atoms with Crippen molar-refractivity contribution < 1.29 is 13.6 Å². The van der Waals surface area contributed by atoms with Crippen LogP contribution in [-0.4, -0.2) is 5.91 Å². The van der Waals surface area contributed by atoms with E-state index in [0.717, 1.165) is 5.57 Å². The number of hydrogen-bond donors (Lipinski definition) is 1. The Balaban J connectivity index is 3.58. The second kappa shape index (κ2) is 8.39. The van der Waals surface area contributed by atoms with E-state index in [0.29, 0.717) is 23.1 Å². The van der Waals surface area contributed by atoms with E-state index in [1.165, 1.54) is 30.4 Å². The fraction of sp³-hybridized carbons (Fsp3) is 0.250. The quantitative estimate of drug-likeness (QED) is 0.664. The smallest absolute Gasteiger partial charge is 0.251 e. The van der Waals surface area contributed by atoms with Crippen molar-refractivity contribution in [3.05, 3.63) is 77.4 Å². The SMILES string of the molecule is C=CC(=C)c1cc(C(N)=O)c(F)cc1C(C)C(=CC(F)=CC)CC. The van der Waals surface area contributed by atoms with Crippen LogP contribution < -0.4 is 5.73 Å². The normalized spacial score (nSPS) is 13.5. The van der Waals surface area contributed by atoms with Crippen molar-refractivity contribution in [1.82, 2.24) is 0 Å². The number of hydrogen-bond acceptors (Lipinski definition) is 1. The van der Waals surface area contributed by atoms with Gasteiger partial charge in [-0.15, -0.1) is 0 Å². The maximum atomic E-state index is 14.2. The van der Waals surface area contributed by atoms with Crippen LogP contribution in [0.5, 0.6) is 0 Å². The zero-order valence-electron chi connectivity index (χ0n) is 14.3. The van der Waals surface area contributed by atoms with Crippen molar-refractivity contribution in [2.45, 2.75) is 33.1 Å². The van der Waals surface area contributed by atoms with E-state index >= 15 is 0 Å². The second-order valence-corrected chi connectivity index (χ2v) is 5.48. The highest BCUT2D eigenvalue weighted by Gasteiger charge is 2.20. The van der Waals surface area contributed by atoms with Crippen LogP contribution in [0.3, 0.4) is 0 Å². The predicted molar refractivity (Wildman–Crippen MR) is 95.8 cm³/mol. The molecule has 2 N–H and O–H groups in total. The highest BCUT2D eigenvalue weighted by atomic mass is 19.1. The van der Waals surface area contributed by atoms with Crippen LogP contribution in [0.15, 0.2) is 54.9 Å². The van der Waals surface area contributed by atoms with Gasteiger partial charge in [-0.1, -0.05) is 44.7 Å². The number of rotatable bonds is 7. The zero-order chi connectivity index (χ0) is 18.4. The Morgan fingerprint density at radius 3 is 2.46 bits per heavy atom. The highest BCUT2D eigenvalue weighted by molar-refractivity contribution is 5.94. The average molecular weight is 331 g/mol. The van der Waals surface area contributed by atoms with Gasteiger partial charge >= 0.3 is 0 Å². The summed E-state index contributed by atoms with van der Waals surface area (Å²) in [5.41, 5.74) is 7.55. The number of halogens is 2. The lowest BCUT2D eigenvalue weighted by molar-refractivity contribution is 0.0996. The van der Waals surface area contributed by atoms with Gasteiger partial charge < -0.3 is 5.73 Å². The Labute approximate surface area is 142 Å². The minimum absolute atomic E-state index is 0.203. The van der Waals surface area contributed by atoms with Gasteiger partial charge in [-0.2, -0.15) is 0 Å². The Morgan fingerprint density at radius 1 is 1.38 bits per heavy atom. The van der Waals surface area contributed by atoms with Crippen molar-refractivity contribution >= 4 is 11.5 Å². The van der Waals surface area contributed by atoms with E-state index in [1.54, 1.807) is 6.92 Å². The van der Waals surface area contributed by atoms with Gasteiger partial charge in [0.1, 0.15) is 11.6 Å². The van der Waals surface area contributed by atoms with Crippen LogP contribution in [0.4, 0.5) is 8.78 Å². The third kappa shape index (κ3) is 4.28. The molecule has 1 aromatic rings. The first-order valence-electron chi connectivity index (χ1n) is 7.73. The Kier molecular flexibility index (Phi) is 6.83. The molecule has 0 aliphatic heterocycles. The summed E-state index contributed by atoms with van der Waals surface area (Å²) in [6.07, 6.45) is 4.94. The molecule has 1 aromatic carbocycles. The van der Waals surface area contributed by atoms with Gasteiger partial charge in [0.15, 0.2) is 0 Å². The fourth-order valence-corrected chi connectivity index (χ4v) is 2.52. The molecule has 0 radical (unpaired) electrons. The molecule has 0 aromatic heterocycles. The van der Waals surface area contributed by atoms with Crippen LogP contribution in [0.2, 0.25) is 0 Å². The third-order valence-corrected chi connectivity index (χ3v) is 4.03. The van der Waals surface area contributed by atoms with Crippen LogP contribution in [-0.2, 0) is 0 Å². The van der Waals surface area contributed by atoms with Gasteiger partial charge in [0.25, 0.3) is 5.91 Å². The molecule has 24 heavy (non-hydrogen) atoms. The van der Waals surface area contributed by atoms with Crippen LogP contribution in [0.1, 0.15) is 54.6 Å². The molecule has 0 aliphatic rings. The molecule has 0 bridgehead atoms. The summed E-state index contributed by atoms with van der Waals surface area (Å²) < 4.78 is 27.9. The number of allylic oxidation sites excluding steroid dienone is 6. The molecule has 0 fully saturated rings. The maximum Gasteiger partial charge on any atom is 0.251 e. The Bertz CT molecular complexity index is 729. The molecule has 1 rings (SSSR count). The minimum atomic E-state index is -0.851. The highest BCUT2D eigenvalue weighted by Crippen LogP contribution is 2.34. The van der Waals surface area contributed by atoms with Gasteiger partial charge in [0, 0.05) is 5.92 Å². The summed E-state index contributed by atoms with van der Waals surface area (Å²) in [6.45, 7) is 12.9. The van der Waals surface area contributed by atoms with E-state index in [1.807, 2.05) is 13.8 Å². The lowest BCUT2D eigenvalue weighted by Gasteiger charge is -2.20. The first-order chi connectivity index (χ1) is 11.3. The summed E-state index contributed by atoms with van der Waals surface area (Å²) in [5, 5.41) is 0. The predicted octanol–water partition coefficient (Wildman–Crippen LogP) is 5.44. The van der Waals surface area contributed by atoms with E-state index in [4.69, 9.17) is 5.73 Å². The first kappa shape index (κ1) is 19.6. The average Bonchev–Trinajstić information content (AvgIpc) is 2.57. The molecule has 0 heterocycles. The molecule has 4 heteroatoms. The number of carbonyl (C=O) groups excluding carboxylic acids is 1. The van der Waals surface area contributed by atoms with Crippen LogP contribution >= 0.6 is 0 Å². The monoisotopic (exact) mass is 331 g/mol. The molecule has 0 saturated carbocycles. The summed E-state index contributed by atoms with van der Waals surface area (Å²) in [7, 11) is 0. The van der Waals surface area contributed by atoms with E-state index in [9.17, 15) is 13.6 Å². The fourth-order valence-electron chi connectivity index (χ4n) is 2.52. The topological polar surface area (TPSA) is 43.1 Å². The molecule has 0 spiro atoms. The first-order valence-corrected chi connectivity index (χ1v) is 7.73. The van der Waals surface area contributed by atoms with Gasteiger partial charge in [0.2, 0.25) is 0 Å². The number of primary amides is 1. The number of amides is 1. The van der Waals surface area contributed by atoms with Gasteiger partial charge in [-0.05, 0) is 48.3 Å².